The van der Waals surface area contributed by atoms with Crippen LogP contribution in [0.25, 0.3) is 0 Å². The number of rotatable bonds is 7. The van der Waals surface area contributed by atoms with E-state index < -0.39 is 0 Å². The summed E-state index contributed by atoms with van der Waals surface area (Å²) in [4.78, 5) is 0. The maximum absolute atomic E-state index is 8.87. The zero-order valence-electron chi connectivity index (χ0n) is 12.4. The van der Waals surface area contributed by atoms with Crippen LogP contribution in [0.1, 0.15) is 32.6 Å². The van der Waals surface area contributed by atoms with Gasteiger partial charge in [0.25, 0.3) is 0 Å². The number of nitrogens with one attached hydrogen (secondary N) is 1. The normalized spacial score (nSPS) is 21.8. The number of ether oxygens (including phenoxy) is 2. The van der Waals surface area contributed by atoms with Crippen LogP contribution in [0.15, 0.2) is 18.2 Å². The van der Waals surface area contributed by atoms with E-state index in [1.54, 1.807) is 7.11 Å². The largest absolute Gasteiger partial charge is 0.493 e. The van der Waals surface area contributed by atoms with Gasteiger partial charge in [0.1, 0.15) is 6.61 Å². The molecule has 1 aliphatic rings. The molecule has 2 unspecified atom stereocenters. The molecule has 0 aromatic heterocycles. The lowest BCUT2D eigenvalue weighted by atomic mass is 10.1. The monoisotopic (exact) mass is 279 g/mol. The van der Waals surface area contributed by atoms with Gasteiger partial charge >= 0.3 is 0 Å². The van der Waals surface area contributed by atoms with Crippen LogP contribution < -0.4 is 14.8 Å². The molecule has 2 N–H and O–H groups in total. The predicted octanol–water partition coefficient (Wildman–Crippen LogP) is 3.06. The van der Waals surface area contributed by atoms with Crippen LogP contribution in [0.5, 0.6) is 11.5 Å². The maximum atomic E-state index is 8.87. The van der Waals surface area contributed by atoms with Crippen molar-refractivity contribution in [1.82, 2.24) is 0 Å². The van der Waals surface area contributed by atoms with E-state index in [-0.39, 0.29) is 13.2 Å². The van der Waals surface area contributed by atoms with Gasteiger partial charge in [-0.2, -0.15) is 0 Å². The van der Waals surface area contributed by atoms with Gasteiger partial charge in [0, 0.05) is 17.8 Å². The van der Waals surface area contributed by atoms with Crippen molar-refractivity contribution in [2.24, 2.45) is 5.92 Å². The quantitative estimate of drug-likeness (QED) is 0.805. The van der Waals surface area contributed by atoms with Gasteiger partial charge in [-0.3, -0.25) is 0 Å². The highest BCUT2D eigenvalue weighted by atomic mass is 16.5. The second-order valence-electron chi connectivity index (χ2n) is 5.37. The summed E-state index contributed by atoms with van der Waals surface area (Å²) in [6.07, 6.45) is 5.07. The number of methoxy groups -OCH3 is 1. The summed E-state index contributed by atoms with van der Waals surface area (Å²) in [5.74, 6) is 2.23. The Labute approximate surface area is 121 Å². The minimum Gasteiger partial charge on any atom is -0.493 e. The molecule has 0 bridgehead atoms. The second-order valence-corrected chi connectivity index (χ2v) is 5.37. The fourth-order valence-electron chi connectivity index (χ4n) is 2.85. The van der Waals surface area contributed by atoms with E-state index in [0.29, 0.717) is 17.5 Å². The molecule has 0 radical (unpaired) electrons. The third-order valence-electron chi connectivity index (χ3n) is 4.00. The van der Waals surface area contributed by atoms with Crippen LogP contribution in [0.3, 0.4) is 0 Å². The molecule has 1 fully saturated rings. The lowest BCUT2D eigenvalue weighted by molar-refractivity contribution is 0.196. The second kappa shape index (κ2) is 7.39. The zero-order chi connectivity index (χ0) is 14.4. The SMILES string of the molecule is CCC1CCC(Nc2ccc(OC)c(OCCO)c2)C1. The van der Waals surface area contributed by atoms with Gasteiger partial charge in [-0.05, 0) is 37.3 Å². The summed E-state index contributed by atoms with van der Waals surface area (Å²) in [6, 6.07) is 6.43. The number of hydrogen-bond acceptors (Lipinski definition) is 4. The Morgan fingerprint density at radius 1 is 1.30 bits per heavy atom. The maximum Gasteiger partial charge on any atom is 0.163 e. The first-order valence-electron chi connectivity index (χ1n) is 7.45. The Kier molecular flexibility index (Phi) is 5.53. The van der Waals surface area contributed by atoms with E-state index >= 15 is 0 Å². The molecular weight excluding hydrogens is 254 g/mol. The smallest absolute Gasteiger partial charge is 0.163 e. The number of hydrogen-bond donors (Lipinski definition) is 2. The van der Waals surface area contributed by atoms with Crippen molar-refractivity contribution in [3.8, 4) is 11.5 Å². The van der Waals surface area contributed by atoms with E-state index in [9.17, 15) is 0 Å². The first kappa shape index (κ1) is 15.0. The van der Waals surface area contributed by atoms with Crippen LogP contribution in [0.4, 0.5) is 5.69 Å². The molecule has 1 saturated carbocycles. The molecule has 4 heteroatoms. The van der Waals surface area contributed by atoms with Crippen molar-refractivity contribution >= 4 is 5.69 Å². The lowest BCUT2D eigenvalue weighted by Crippen LogP contribution is -2.15. The molecule has 4 nitrogen and oxygen atoms in total. The van der Waals surface area contributed by atoms with Gasteiger partial charge in [-0.15, -0.1) is 0 Å². The van der Waals surface area contributed by atoms with Crippen molar-refractivity contribution in [2.45, 2.75) is 38.6 Å². The van der Waals surface area contributed by atoms with Crippen LogP contribution >= 0.6 is 0 Å². The summed E-state index contributed by atoms with van der Waals surface area (Å²) >= 11 is 0. The van der Waals surface area contributed by atoms with Gasteiger partial charge in [0.2, 0.25) is 0 Å². The van der Waals surface area contributed by atoms with Crippen LogP contribution in [-0.4, -0.2) is 31.5 Å². The molecule has 0 aliphatic heterocycles. The molecule has 2 rings (SSSR count). The molecule has 2 atom stereocenters. The van der Waals surface area contributed by atoms with Crippen LogP contribution in [-0.2, 0) is 0 Å². The van der Waals surface area contributed by atoms with E-state index in [1.165, 1.54) is 25.7 Å². The van der Waals surface area contributed by atoms with Gasteiger partial charge in [0.15, 0.2) is 11.5 Å². The van der Waals surface area contributed by atoms with Crippen LogP contribution in [0, 0.1) is 5.92 Å². The average molecular weight is 279 g/mol. The lowest BCUT2D eigenvalue weighted by Gasteiger charge is -2.17. The van der Waals surface area contributed by atoms with Crippen molar-refractivity contribution in [2.75, 3.05) is 25.6 Å². The predicted molar refractivity (Wildman–Crippen MR) is 80.6 cm³/mol. The summed E-state index contributed by atoms with van der Waals surface area (Å²) in [5.41, 5.74) is 1.06. The summed E-state index contributed by atoms with van der Waals surface area (Å²) in [5, 5.41) is 12.4. The number of benzene rings is 1. The fraction of sp³-hybridized carbons (Fsp3) is 0.625. The third-order valence-corrected chi connectivity index (χ3v) is 4.00. The Balaban J connectivity index is 2.01. The molecule has 112 valence electrons. The van der Waals surface area contributed by atoms with Crippen molar-refractivity contribution in [1.29, 1.82) is 0 Å². The third kappa shape index (κ3) is 3.79. The van der Waals surface area contributed by atoms with E-state index in [2.05, 4.69) is 12.2 Å². The summed E-state index contributed by atoms with van der Waals surface area (Å²) < 4.78 is 10.8. The Hall–Kier alpha value is -1.42. The zero-order valence-corrected chi connectivity index (χ0v) is 12.4. The van der Waals surface area contributed by atoms with E-state index in [0.717, 1.165) is 11.6 Å². The van der Waals surface area contributed by atoms with Gasteiger partial charge in [0.05, 0.1) is 13.7 Å². The van der Waals surface area contributed by atoms with E-state index in [4.69, 9.17) is 14.6 Å². The molecule has 0 amide bonds. The number of aliphatic hydroxyl groups excluding tert-OH is 1. The van der Waals surface area contributed by atoms with Gasteiger partial charge in [-0.25, -0.2) is 0 Å². The van der Waals surface area contributed by atoms with Crippen molar-refractivity contribution < 1.29 is 14.6 Å². The minimum atomic E-state index is 0.00160. The summed E-state index contributed by atoms with van der Waals surface area (Å²) in [7, 11) is 1.62. The average Bonchev–Trinajstić information content (AvgIpc) is 2.93. The molecule has 0 heterocycles. The molecule has 1 aromatic rings. The Morgan fingerprint density at radius 2 is 2.15 bits per heavy atom. The Bertz CT molecular complexity index is 422. The van der Waals surface area contributed by atoms with Crippen molar-refractivity contribution in [3.05, 3.63) is 18.2 Å². The first-order valence-corrected chi connectivity index (χ1v) is 7.45. The standard InChI is InChI=1S/C16H25NO3/c1-3-12-4-5-13(10-12)17-14-6-7-15(19-2)16(11-14)20-9-8-18/h6-7,11-13,17-18H,3-5,8-10H2,1-2H3. The minimum absolute atomic E-state index is 0.00160. The topological polar surface area (TPSA) is 50.7 Å². The Morgan fingerprint density at radius 3 is 2.80 bits per heavy atom. The fourth-order valence-corrected chi connectivity index (χ4v) is 2.85. The van der Waals surface area contributed by atoms with Gasteiger partial charge < -0.3 is 19.9 Å². The highest BCUT2D eigenvalue weighted by Crippen LogP contribution is 2.33. The highest BCUT2D eigenvalue weighted by molar-refractivity contribution is 5.55. The number of aliphatic hydroxyl groups is 1. The van der Waals surface area contributed by atoms with Crippen LogP contribution in [0.2, 0.25) is 0 Å². The molecule has 20 heavy (non-hydrogen) atoms. The molecular formula is C16H25NO3. The molecule has 1 aromatic carbocycles. The summed E-state index contributed by atoms with van der Waals surface area (Å²) in [6.45, 7) is 2.55. The van der Waals surface area contributed by atoms with Gasteiger partial charge in [-0.1, -0.05) is 13.3 Å². The first-order chi connectivity index (χ1) is 9.76. The molecule has 0 saturated heterocycles. The number of anilines is 1. The van der Waals surface area contributed by atoms with E-state index in [1.807, 2.05) is 18.2 Å². The molecule has 0 spiro atoms. The van der Waals surface area contributed by atoms with Crippen molar-refractivity contribution in [3.63, 3.8) is 0 Å². The molecule has 1 aliphatic carbocycles. The highest BCUT2D eigenvalue weighted by Gasteiger charge is 2.23.